The Bertz CT molecular complexity index is 489. The average Bonchev–Trinajstić information content (AvgIpc) is 3.31. The van der Waals surface area contributed by atoms with Crippen LogP contribution in [0.4, 0.5) is 0 Å². The topological polar surface area (TPSA) is 62.9 Å². The fraction of sp³-hybridized carbons (Fsp3) is 0.765. The van der Waals surface area contributed by atoms with Gasteiger partial charge in [0.2, 0.25) is 0 Å². The average molecular weight is 322 g/mol. The molecule has 0 aromatic carbocycles. The van der Waals surface area contributed by atoms with E-state index in [2.05, 4.69) is 20.4 Å². The Morgan fingerprint density at radius 2 is 2.22 bits per heavy atom. The number of likely N-dealkylation sites (N-methyl/N-ethyl adjacent to an activating group) is 1. The van der Waals surface area contributed by atoms with E-state index in [-0.39, 0.29) is 0 Å². The van der Waals surface area contributed by atoms with Crippen molar-refractivity contribution in [3.8, 4) is 0 Å². The fourth-order valence-corrected chi connectivity index (χ4v) is 2.55. The molecule has 1 aromatic heterocycles. The van der Waals surface area contributed by atoms with Gasteiger partial charge in [0.1, 0.15) is 5.76 Å². The van der Waals surface area contributed by atoms with Gasteiger partial charge in [-0.25, -0.2) is 0 Å². The Kier molecular flexibility index (Phi) is 6.89. The number of aromatic nitrogens is 1. The predicted octanol–water partition coefficient (Wildman–Crippen LogP) is 2.16. The Morgan fingerprint density at radius 3 is 2.83 bits per heavy atom. The van der Waals surface area contributed by atoms with Crippen LogP contribution >= 0.6 is 0 Å². The van der Waals surface area contributed by atoms with Crippen molar-refractivity contribution in [1.82, 2.24) is 15.4 Å². The van der Waals surface area contributed by atoms with Crippen LogP contribution < -0.4 is 5.32 Å². The number of nitrogens with one attached hydrogen (secondary N) is 1. The molecule has 2 rings (SSSR count). The van der Waals surface area contributed by atoms with E-state index in [4.69, 9.17) is 9.26 Å². The van der Waals surface area contributed by atoms with Crippen molar-refractivity contribution in [1.29, 1.82) is 0 Å². The summed E-state index contributed by atoms with van der Waals surface area (Å²) in [5.41, 5.74) is 2.22. The number of ether oxygens (including phenoxy) is 1. The maximum Gasteiger partial charge on any atom is 0.193 e. The molecule has 0 unspecified atom stereocenters. The molecule has 0 amide bonds. The van der Waals surface area contributed by atoms with Crippen molar-refractivity contribution in [3.05, 3.63) is 17.0 Å². The van der Waals surface area contributed by atoms with Gasteiger partial charge in [-0.1, -0.05) is 5.16 Å². The number of guanidine groups is 1. The summed E-state index contributed by atoms with van der Waals surface area (Å²) in [7, 11) is 3.86. The lowest BCUT2D eigenvalue weighted by Gasteiger charge is -2.22. The van der Waals surface area contributed by atoms with Crippen molar-refractivity contribution >= 4 is 5.96 Å². The van der Waals surface area contributed by atoms with Gasteiger partial charge in [0.15, 0.2) is 5.96 Å². The molecule has 23 heavy (non-hydrogen) atoms. The van der Waals surface area contributed by atoms with E-state index in [1.54, 1.807) is 0 Å². The Morgan fingerprint density at radius 1 is 1.43 bits per heavy atom. The molecule has 1 aliphatic rings. The van der Waals surface area contributed by atoms with E-state index in [1.807, 2.05) is 27.9 Å². The van der Waals surface area contributed by atoms with Crippen LogP contribution in [-0.2, 0) is 11.2 Å². The maximum atomic E-state index is 5.68. The highest BCUT2D eigenvalue weighted by molar-refractivity contribution is 5.79. The zero-order valence-corrected chi connectivity index (χ0v) is 14.9. The lowest BCUT2D eigenvalue weighted by molar-refractivity contribution is 0.115. The van der Waals surface area contributed by atoms with Crippen LogP contribution in [0.5, 0.6) is 0 Å². The van der Waals surface area contributed by atoms with E-state index >= 15 is 0 Å². The van der Waals surface area contributed by atoms with Crippen LogP contribution in [0.15, 0.2) is 9.52 Å². The molecule has 1 N–H and O–H groups in total. The van der Waals surface area contributed by atoms with Crippen molar-refractivity contribution in [2.75, 3.05) is 40.4 Å². The number of nitrogens with zero attached hydrogens (tertiary/aromatic N) is 3. The first kappa shape index (κ1) is 17.8. The molecule has 0 aliphatic heterocycles. The quantitative estimate of drug-likeness (QED) is 0.429. The standard InChI is InChI=1S/C17H30N4O2/c1-13-16(14(2)23-20-13)6-5-9-19-17(18-3)21(4)10-11-22-12-15-7-8-15/h15H,5-12H2,1-4H3,(H,18,19). The third kappa shape index (κ3) is 5.86. The van der Waals surface area contributed by atoms with E-state index < -0.39 is 0 Å². The molecule has 1 aliphatic carbocycles. The summed E-state index contributed by atoms with van der Waals surface area (Å²) in [4.78, 5) is 6.44. The molecule has 1 aromatic rings. The first-order valence-corrected chi connectivity index (χ1v) is 8.53. The minimum absolute atomic E-state index is 0.757. The zero-order chi connectivity index (χ0) is 16.7. The van der Waals surface area contributed by atoms with Crippen molar-refractivity contribution in [2.45, 2.75) is 39.5 Å². The van der Waals surface area contributed by atoms with Crippen molar-refractivity contribution in [3.63, 3.8) is 0 Å². The number of aryl methyl sites for hydroxylation is 2. The molecule has 1 fully saturated rings. The Hall–Kier alpha value is -1.56. The normalized spacial score (nSPS) is 15.0. The minimum Gasteiger partial charge on any atom is -0.379 e. The molecule has 0 bridgehead atoms. The third-order valence-corrected chi connectivity index (χ3v) is 4.26. The van der Waals surface area contributed by atoms with Crippen LogP contribution in [-0.4, -0.2) is 56.4 Å². The van der Waals surface area contributed by atoms with Crippen molar-refractivity contribution in [2.24, 2.45) is 10.9 Å². The molecule has 0 atom stereocenters. The largest absolute Gasteiger partial charge is 0.379 e. The number of hydrogen-bond acceptors (Lipinski definition) is 4. The predicted molar refractivity (Wildman–Crippen MR) is 91.8 cm³/mol. The Labute approximate surface area is 139 Å². The molecular formula is C17H30N4O2. The summed E-state index contributed by atoms with van der Waals surface area (Å²) in [6.07, 6.45) is 4.67. The summed E-state index contributed by atoms with van der Waals surface area (Å²) in [5, 5.41) is 7.39. The van der Waals surface area contributed by atoms with E-state index in [0.717, 1.165) is 62.5 Å². The molecule has 130 valence electrons. The minimum atomic E-state index is 0.757. The van der Waals surface area contributed by atoms with Gasteiger partial charge in [-0.2, -0.15) is 0 Å². The number of rotatable bonds is 9. The second-order valence-corrected chi connectivity index (χ2v) is 6.32. The molecule has 0 radical (unpaired) electrons. The van der Waals surface area contributed by atoms with Gasteiger partial charge >= 0.3 is 0 Å². The van der Waals surface area contributed by atoms with Crippen LogP contribution in [0.3, 0.4) is 0 Å². The monoisotopic (exact) mass is 322 g/mol. The lowest BCUT2D eigenvalue weighted by Crippen LogP contribution is -2.41. The van der Waals surface area contributed by atoms with E-state index in [1.165, 1.54) is 18.4 Å². The van der Waals surface area contributed by atoms with E-state index in [9.17, 15) is 0 Å². The van der Waals surface area contributed by atoms with Gasteiger partial charge in [-0.05, 0) is 45.4 Å². The summed E-state index contributed by atoms with van der Waals surface area (Å²) >= 11 is 0. The van der Waals surface area contributed by atoms with Crippen LogP contribution in [0.25, 0.3) is 0 Å². The Balaban J connectivity index is 1.61. The zero-order valence-electron chi connectivity index (χ0n) is 14.9. The third-order valence-electron chi connectivity index (χ3n) is 4.26. The molecule has 1 heterocycles. The smallest absolute Gasteiger partial charge is 0.193 e. The lowest BCUT2D eigenvalue weighted by atomic mass is 10.1. The summed E-state index contributed by atoms with van der Waals surface area (Å²) in [6, 6.07) is 0. The van der Waals surface area contributed by atoms with Gasteiger partial charge in [0, 0.05) is 39.4 Å². The molecule has 0 saturated heterocycles. The highest BCUT2D eigenvalue weighted by Gasteiger charge is 2.21. The molecule has 6 heteroatoms. The van der Waals surface area contributed by atoms with Gasteiger partial charge in [-0.3, -0.25) is 4.99 Å². The number of aliphatic imine (C=N–C) groups is 1. The number of hydrogen-bond donors (Lipinski definition) is 1. The summed E-state index contributed by atoms with van der Waals surface area (Å²) in [5.74, 6) is 2.66. The maximum absolute atomic E-state index is 5.68. The first-order valence-electron chi connectivity index (χ1n) is 8.53. The highest BCUT2D eigenvalue weighted by atomic mass is 16.5. The molecule has 0 spiro atoms. The highest BCUT2D eigenvalue weighted by Crippen LogP contribution is 2.28. The van der Waals surface area contributed by atoms with Gasteiger partial charge in [-0.15, -0.1) is 0 Å². The first-order chi connectivity index (χ1) is 11.1. The van der Waals surface area contributed by atoms with Crippen LogP contribution in [0.2, 0.25) is 0 Å². The van der Waals surface area contributed by atoms with Crippen molar-refractivity contribution < 1.29 is 9.26 Å². The second-order valence-electron chi connectivity index (χ2n) is 6.32. The molecular weight excluding hydrogens is 292 g/mol. The fourth-order valence-electron chi connectivity index (χ4n) is 2.55. The summed E-state index contributed by atoms with van der Waals surface area (Å²) < 4.78 is 10.9. The second kappa shape index (κ2) is 8.91. The molecule has 1 saturated carbocycles. The van der Waals surface area contributed by atoms with Gasteiger partial charge in [0.05, 0.1) is 12.3 Å². The van der Waals surface area contributed by atoms with Crippen LogP contribution in [0.1, 0.15) is 36.3 Å². The van der Waals surface area contributed by atoms with Gasteiger partial charge in [0.25, 0.3) is 0 Å². The van der Waals surface area contributed by atoms with Crippen LogP contribution in [0, 0.1) is 19.8 Å². The molecule has 6 nitrogen and oxygen atoms in total. The van der Waals surface area contributed by atoms with E-state index in [0.29, 0.717) is 0 Å². The SMILES string of the molecule is CN=C(NCCCc1c(C)noc1C)N(C)CCOCC1CC1. The summed E-state index contributed by atoms with van der Waals surface area (Å²) in [6.45, 7) is 7.37. The van der Waals surface area contributed by atoms with Gasteiger partial charge < -0.3 is 19.5 Å².